The van der Waals surface area contributed by atoms with Crippen molar-refractivity contribution >= 4 is 30.7 Å². The van der Waals surface area contributed by atoms with Gasteiger partial charge in [-0.1, -0.05) is 6.42 Å². The minimum Gasteiger partial charge on any atom is -0.342 e. The SMILES string of the molecule is Cl.Cl.NC[C@H]1CCC[C@H]1C(=O)N1CCC(Cn2cccn2)CC1. The van der Waals surface area contributed by atoms with Crippen molar-refractivity contribution in [3.05, 3.63) is 18.5 Å². The highest BCUT2D eigenvalue weighted by Gasteiger charge is 2.35. The molecule has 2 aliphatic rings. The van der Waals surface area contributed by atoms with Crippen LogP contribution in [0.4, 0.5) is 0 Å². The van der Waals surface area contributed by atoms with Gasteiger partial charge in [-0.05, 0) is 50.1 Å². The zero-order valence-corrected chi connectivity index (χ0v) is 15.1. The van der Waals surface area contributed by atoms with Crippen LogP contribution in [0.2, 0.25) is 0 Å². The average molecular weight is 363 g/mol. The Morgan fingerprint density at radius 3 is 2.52 bits per heavy atom. The lowest BCUT2D eigenvalue weighted by Crippen LogP contribution is -2.44. The van der Waals surface area contributed by atoms with E-state index in [2.05, 4.69) is 10.00 Å². The molecule has 5 nitrogen and oxygen atoms in total. The molecular weight excluding hydrogens is 335 g/mol. The normalized spacial score (nSPS) is 24.8. The minimum absolute atomic E-state index is 0. The highest BCUT2D eigenvalue weighted by atomic mass is 35.5. The first kappa shape index (κ1) is 20.3. The van der Waals surface area contributed by atoms with E-state index < -0.39 is 0 Å². The Kier molecular flexibility index (Phi) is 8.37. The van der Waals surface area contributed by atoms with E-state index in [-0.39, 0.29) is 30.7 Å². The molecule has 0 aromatic carbocycles. The summed E-state index contributed by atoms with van der Waals surface area (Å²) < 4.78 is 2.00. The van der Waals surface area contributed by atoms with Crippen LogP contribution in [0, 0.1) is 17.8 Å². The standard InChI is InChI=1S/C16H26N4O.2ClH/c17-11-14-3-1-4-15(14)16(21)19-9-5-13(6-10-19)12-20-8-2-7-18-20;;/h2,7-8,13-15H,1,3-6,9-12,17H2;2*1H/t14-,15-;;/m1../s1. The topological polar surface area (TPSA) is 64.2 Å². The first-order chi connectivity index (χ1) is 10.3. The largest absolute Gasteiger partial charge is 0.342 e. The van der Waals surface area contributed by atoms with Crippen molar-refractivity contribution in [3.63, 3.8) is 0 Å². The molecule has 2 heterocycles. The smallest absolute Gasteiger partial charge is 0.226 e. The number of piperidine rings is 1. The van der Waals surface area contributed by atoms with Crippen molar-refractivity contribution < 1.29 is 4.79 Å². The molecule has 2 N–H and O–H groups in total. The molecule has 1 aromatic rings. The number of rotatable bonds is 4. The lowest BCUT2D eigenvalue weighted by atomic mass is 9.92. The zero-order chi connectivity index (χ0) is 14.7. The van der Waals surface area contributed by atoms with E-state index in [0.717, 1.165) is 51.7 Å². The summed E-state index contributed by atoms with van der Waals surface area (Å²) in [4.78, 5) is 14.7. The summed E-state index contributed by atoms with van der Waals surface area (Å²) >= 11 is 0. The third kappa shape index (κ3) is 4.85. The molecule has 1 aliphatic carbocycles. The number of nitrogens with zero attached hydrogens (tertiary/aromatic N) is 3. The van der Waals surface area contributed by atoms with Gasteiger partial charge in [-0.15, -0.1) is 24.8 Å². The fourth-order valence-electron chi connectivity index (χ4n) is 3.89. The van der Waals surface area contributed by atoms with E-state index in [0.29, 0.717) is 24.3 Å². The second-order valence-electron chi connectivity index (χ2n) is 6.53. The maximum absolute atomic E-state index is 12.6. The van der Waals surface area contributed by atoms with Gasteiger partial charge < -0.3 is 10.6 Å². The van der Waals surface area contributed by atoms with Crippen LogP contribution in [0.1, 0.15) is 32.1 Å². The van der Waals surface area contributed by atoms with Gasteiger partial charge in [0, 0.05) is 37.9 Å². The molecule has 1 saturated carbocycles. The molecule has 23 heavy (non-hydrogen) atoms. The van der Waals surface area contributed by atoms with Crippen molar-refractivity contribution in [2.45, 2.75) is 38.6 Å². The van der Waals surface area contributed by atoms with Crippen molar-refractivity contribution in [1.82, 2.24) is 14.7 Å². The lowest BCUT2D eigenvalue weighted by Gasteiger charge is -2.34. The molecule has 3 rings (SSSR count). The van der Waals surface area contributed by atoms with Crippen LogP contribution in [-0.4, -0.2) is 40.2 Å². The highest BCUT2D eigenvalue weighted by molar-refractivity contribution is 5.85. The van der Waals surface area contributed by atoms with E-state index >= 15 is 0 Å². The van der Waals surface area contributed by atoms with Crippen LogP contribution in [-0.2, 0) is 11.3 Å². The first-order valence-corrected chi connectivity index (χ1v) is 8.24. The number of amides is 1. The average Bonchev–Trinajstić information content (AvgIpc) is 3.18. The van der Waals surface area contributed by atoms with Gasteiger partial charge in [-0.2, -0.15) is 5.10 Å². The second-order valence-corrected chi connectivity index (χ2v) is 6.53. The summed E-state index contributed by atoms with van der Waals surface area (Å²) in [6.07, 6.45) is 9.34. The highest BCUT2D eigenvalue weighted by Crippen LogP contribution is 2.33. The molecule has 0 bridgehead atoms. The monoisotopic (exact) mass is 362 g/mol. The predicted octanol–water partition coefficient (Wildman–Crippen LogP) is 2.34. The fourth-order valence-corrected chi connectivity index (χ4v) is 3.89. The molecule has 7 heteroatoms. The molecule has 2 fully saturated rings. The second kappa shape index (κ2) is 9.50. The molecule has 0 radical (unpaired) electrons. The number of likely N-dealkylation sites (tertiary alicyclic amines) is 1. The number of hydrogen-bond acceptors (Lipinski definition) is 3. The van der Waals surface area contributed by atoms with E-state index in [1.807, 2.05) is 23.1 Å². The van der Waals surface area contributed by atoms with Crippen LogP contribution in [0.5, 0.6) is 0 Å². The zero-order valence-electron chi connectivity index (χ0n) is 13.5. The maximum atomic E-state index is 12.6. The van der Waals surface area contributed by atoms with Crippen molar-refractivity contribution in [1.29, 1.82) is 0 Å². The maximum Gasteiger partial charge on any atom is 0.226 e. The molecule has 1 amide bonds. The summed E-state index contributed by atoms with van der Waals surface area (Å²) in [6, 6.07) is 1.96. The van der Waals surface area contributed by atoms with Crippen LogP contribution in [0.25, 0.3) is 0 Å². The van der Waals surface area contributed by atoms with Gasteiger partial charge in [0.25, 0.3) is 0 Å². The van der Waals surface area contributed by atoms with Gasteiger partial charge in [0.1, 0.15) is 0 Å². The summed E-state index contributed by atoms with van der Waals surface area (Å²) in [7, 11) is 0. The molecule has 1 saturated heterocycles. The lowest BCUT2D eigenvalue weighted by molar-refractivity contribution is -0.138. The van der Waals surface area contributed by atoms with Gasteiger partial charge in [0.2, 0.25) is 5.91 Å². The Balaban J connectivity index is 0.00000132. The quantitative estimate of drug-likeness (QED) is 0.893. The molecule has 132 valence electrons. The fraction of sp³-hybridized carbons (Fsp3) is 0.750. The number of halogens is 2. The molecule has 2 atom stereocenters. The van der Waals surface area contributed by atoms with E-state index in [1.54, 1.807) is 0 Å². The van der Waals surface area contributed by atoms with Crippen LogP contribution in [0.15, 0.2) is 18.5 Å². The molecule has 0 unspecified atom stereocenters. The Hall–Kier alpha value is -0.780. The predicted molar refractivity (Wildman–Crippen MR) is 95.9 cm³/mol. The summed E-state index contributed by atoms with van der Waals surface area (Å²) in [5.74, 6) is 1.61. The summed E-state index contributed by atoms with van der Waals surface area (Å²) in [5, 5.41) is 4.27. The van der Waals surface area contributed by atoms with Crippen molar-refractivity contribution in [3.8, 4) is 0 Å². The van der Waals surface area contributed by atoms with Crippen LogP contribution < -0.4 is 5.73 Å². The number of carbonyl (C=O) groups excluding carboxylic acids is 1. The van der Waals surface area contributed by atoms with Crippen molar-refractivity contribution in [2.24, 2.45) is 23.5 Å². The molecule has 1 aromatic heterocycles. The molecule has 1 aliphatic heterocycles. The molecule has 0 spiro atoms. The third-order valence-electron chi connectivity index (χ3n) is 5.21. The van der Waals surface area contributed by atoms with Gasteiger partial charge in [-0.25, -0.2) is 0 Å². The number of nitrogens with two attached hydrogens (primary N) is 1. The Bertz CT molecular complexity index is 461. The molecular formula is C16H28Cl2N4O. The van der Waals surface area contributed by atoms with Gasteiger partial charge in [-0.3, -0.25) is 9.48 Å². The van der Waals surface area contributed by atoms with Crippen LogP contribution >= 0.6 is 24.8 Å². The van der Waals surface area contributed by atoms with Gasteiger partial charge in [0.15, 0.2) is 0 Å². The Labute approximate surface area is 150 Å². The number of aromatic nitrogens is 2. The third-order valence-corrected chi connectivity index (χ3v) is 5.21. The van der Waals surface area contributed by atoms with E-state index in [1.165, 1.54) is 0 Å². The Morgan fingerprint density at radius 2 is 1.91 bits per heavy atom. The van der Waals surface area contributed by atoms with Crippen molar-refractivity contribution in [2.75, 3.05) is 19.6 Å². The van der Waals surface area contributed by atoms with Gasteiger partial charge in [0.05, 0.1) is 0 Å². The van der Waals surface area contributed by atoms with Gasteiger partial charge >= 0.3 is 0 Å². The summed E-state index contributed by atoms with van der Waals surface area (Å²) in [6.45, 7) is 3.44. The summed E-state index contributed by atoms with van der Waals surface area (Å²) in [5.41, 5.74) is 5.81. The minimum atomic E-state index is 0. The number of hydrogen-bond donors (Lipinski definition) is 1. The number of carbonyl (C=O) groups is 1. The first-order valence-electron chi connectivity index (χ1n) is 8.24. The van der Waals surface area contributed by atoms with Crippen LogP contribution in [0.3, 0.4) is 0 Å². The van der Waals surface area contributed by atoms with E-state index in [9.17, 15) is 4.79 Å². The van der Waals surface area contributed by atoms with E-state index in [4.69, 9.17) is 5.73 Å². The Morgan fingerprint density at radius 1 is 1.17 bits per heavy atom.